The number of anilines is 1. The maximum absolute atomic E-state index is 11.1. The number of carbonyl (C=O) groups is 1. The van der Waals surface area contributed by atoms with E-state index in [-0.39, 0.29) is 29.9 Å². The molecular formula is C17H28IN5O2. The first kappa shape index (κ1) is 21.7. The third kappa shape index (κ3) is 9.03. The molecule has 1 saturated heterocycles. The zero-order chi connectivity index (χ0) is 17.2. The van der Waals surface area contributed by atoms with Gasteiger partial charge < -0.3 is 21.1 Å². The van der Waals surface area contributed by atoms with Crippen molar-refractivity contribution >= 4 is 41.5 Å². The molecule has 1 amide bonds. The Morgan fingerprint density at radius 2 is 2.12 bits per heavy atom. The van der Waals surface area contributed by atoms with E-state index in [4.69, 9.17) is 10.5 Å². The molecule has 1 heterocycles. The number of morpholine rings is 1. The molecule has 0 aromatic heterocycles. The van der Waals surface area contributed by atoms with Gasteiger partial charge >= 0.3 is 0 Å². The number of nitrogens with zero attached hydrogens (tertiary/aromatic N) is 2. The maximum atomic E-state index is 11.1. The van der Waals surface area contributed by atoms with Crippen LogP contribution >= 0.6 is 24.0 Å². The van der Waals surface area contributed by atoms with E-state index in [1.54, 1.807) is 0 Å². The maximum Gasteiger partial charge on any atom is 0.221 e. The number of benzene rings is 1. The highest BCUT2D eigenvalue weighted by Crippen LogP contribution is 2.11. The number of rotatable bonds is 7. The fourth-order valence-electron chi connectivity index (χ4n) is 2.53. The minimum absolute atomic E-state index is 0. The van der Waals surface area contributed by atoms with Crippen LogP contribution in [0.1, 0.15) is 18.9 Å². The van der Waals surface area contributed by atoms with Crippen molar-refractivity contribution in [2.75, 3.05) is 44.7 Å². The summed E-state index contributed by atoms with van der Waals surface area (Å²) in [7, 11) is 0. The molecule has 0 atom stereocenters. The van der Waals surface area contributed by atoms with Crippen LogP contribution in [0.2, 0.25) is 0 Å². The van der Waals surface area contributed by atoms with Crippen LogP contribution in [0.25, 0.3) is 0 Å². The summed E-state index contributed by atoms with van der Waals surface area (Å²) in [6.07, 6.45) is 1.02. The molecule has 4 N–H and O–H groups in total. The number of carbonyl (C=O) groups excluding carboxylic acids is 1. The van der Waals surface area contributed by atoms with Gasteiger partial charge in [0.2, 0.25) is 5.91 Å². The van der Waals surface area contributed by atoms with E-state index in [0.29, 0.717) is 12.5 Å². The first-order valence-corrected chi connectivity index (χ1v) is 8.34. The van der Waals surface area contributed by atoms with Gasteiger partial charge in [-0.25, -0.2) is 4.99 Å². The summed E-state index contributed by atoms with van der Waals surface area (Å²) in [4.78, 5) is 17.8. The summed E-state index contributed by atoms with van der Waals surface area (Å²) in [5.74, 6) is 0.360. The van der Waals surface area contributed by atoms with Crippen molar-refractivity contribution in [2.45, 2.75) is 19.9 Å². The Morgan fingerprint density at radius 1 is 1.36 bits per heavy atom. The molecule has 0 radical (unpaired) electrons. The van der Waals surface area contributed by atoms with Gasteiger partial charge in [0.05, 0.1) is 19.8 Å². The summed E-state index contributed by atoms with van der Waals surface area (Å²) in [6, 6.07) is 7.60. The van der Waals surface area contributed by atoms with Gasteiger partial charge in [-0.15, -0.1) is 24.0 Å². The van der Waals surface area contributed by atoms with Gasteiger partial charge in [-0.2, -0.15) is 0 Å². The Labute approximate surface area is 166 Å². The van der Waals surface area contributed by atoms with Crippen molar-refractivity contribution < 1.29 is 9.53 Å². The van der Waals surface area contributed by atoms with Gasteiger partial charge in [-0.05, 0) is 30.7 Å². The Morgan fingerprint density at radius 3 is 2.84 bits per heavy atom. The lowest BCUT2D eigenvalue weighted by molar-refractivity contribution is -0.114. The minimum atomic E-state index is -0.0860. The molecule has 25 heavy (non-hydrogen) atoms. The molecule has 1 aromatic rings. The normalized spacial score (nSPS) is 15.3. The van der Waals surface area contributed by atoms with Gasteiger partial charge in [0.25, 0.3) is 0 Å². The van der Waals surface area contributed by atoms with Crippen molar-refractivity contribution in [3.63, 3.8) is 0 Å². The lowest BCUT2D eigenvalue weighted by Gasteiger charge is -2.26. The number of ether oxygens (including phenoxy) is 1. The second-order valence-electron chi connectivity index (χ2n) is 5.82. The van der Waals surface area contributed by atoms with E-state index in [2.05, 4.69) is 20.5 Å². The molecule has 1 fully saturated rings. The fourth-order valence-corrected chi connectivity index (χ4v) is 2.53. The summed E-state index contributed by atoms with van der Waals surface area (Å²) in [5.41, 5.74) is 7.67. The van der Waals surface area contributed by atoms with Crippen molar-refractivity contribution in [2.24, 2.45) is 10.7 Å². The average molecular weight is 461 g/mol. The Balaban J connectivity index is 0.00000312. The molecule has 2 rings (SSSR count). The number of nitrogens with one attached hydrogen (secondary N) is 2. The molecule has 7 nitrogen and oxygen atoms in total. The van der Waals surface area contributed by atoms with Crippen molar-refractivity contribution in [3.05, 3.63) is 29.8 Å². The Kier molecular flexibility index (Phi) is 10.4. The van der Waals surface area contributed by atoms with Gasteiger partial charge in [-0.3, -0.25) is 9.69 Å². The van der Waals surface area contributed by atoms with Gasteiger partial charge in [-0.1, -0.05) is 12.1 Å². The largest absolute Gasteiger partial charge is 0.379 e. The van der Waals surface area contributed by atoms with Crippen LogP contribution in [0, 0.1) is 0 Å². The molecule has 8 heteroatoms. The third-order valence-corrected chi connectivity index (χ3v) is 3.74. The van der Waals surface area contributed by atoms with Crippen LogP contribution in [0.15, 0.2) is 29.3 Å². The van der Waals surface area contributed by atoms with E-state index < -0.39 is 0 Å². The molecule has 0 spiro atoms. The van der Waals surface area contributed by atoms with Crippen molar-refractivity contribution in [1.29, 1.82) is 0 Å². The van der Waals surface area contributed by atoms with Crippen LogP contribution in [-0.4, -0.2) is 56.2 Å². The Bertz CT molecular complexity index is 562. The molecule has 0 bridgehead atoms. The van der Waals surface area contributed by atoms with Crippen molar-refractivity contribution in [1.82, 2.24) is 10.2 Å². The van der Waals surface area contributed by atoms with E-state index >= 15 is 0 Å². The van der Waals surface area contributed by atoms with E-state index in [0.717, 1.165) is 57.1 Å². The monoisotopic (exact) mass is 461 g/mol. The highest BCUT2D eigenvalue weighted by Gasteiger charge is 2.08. The highest BCUT2D eigenvalue weighted by molar-refractivity contribution is 14.0. The number of hydrogen-bond donors (Lipinski definition) is 3. The zero-order valence-electron chi connectivity index (χ0n) is 14.7. The molecule has 1 aliphatic heterocycles. The standard InChI is InChI=1S/C17H27N5O2.HI/c1-14(23)21-16-5-2-4-15(12-16)13-20-17(18)19-6-3-7-22-8-10-24-11-9-22;/h2,4-5,12H,3,6-11,13H2,1H3,(H,21,23)(H3,18,19,20);1H. The van der Waals surface area contributed by atoms with E-state index in [1.807, 2.05) is 24.3 Å². The quantitative estimate of drug-likeness (QED) is 0.247. The van der Waals surface area contributed by atoms with Crippen LogP contribution in [0.3, 0.4) is 0 Å². The van der Waals surface area contributed by atoms with Crippen LogP contribution in [0.4, 0.5) is 5.69 Å². The summed E-state index contributed by atoms with van der Waals surface area (Å²) in [6.45, 7) is 7.49. The zero-order valence-corrected chi connectivity index (χ0v) is 17.0. The van der Waals surface area contributed by atoms with Crippen LogP contribution in [-0.2, 0) is 16.1 Å². The molecule has 140 valence electrons. The van der Waals surface area contributed by atoms with Gasteiger partial charge in [0, 0.05) is 32.2 Å². The number of nitrogens with two attached hydrogens (primary N) is 1. The summed E-state index contributed by atoms with van der Waals surface area (Å²) < 4.78 is 5.33. The van der Waals surface area contributed by atoms with Crippen molar-refractivity contribution in [3.8, 4) is 0 Å². The first-order chi connectivity index (χ1) is 11.6. The number of aliphatic imine (C=N–C) groups is 1. The summed E-state index contributed by atoms with van der Waals surface area (Å²) >= 11 is 0. The SMILES string of the molecule is CC(=O)Nc1cccc(CN=C(N)NCCCN2CCOCC2)c1.I. The second-order valence-corrected chi connectivity index (χ2v) is 5.82. The molecule has 0 aliphatic carbocycles. The van der Waals surface area contributed by atoms with Gasteiger partial charge in [0.1, 0.15) is 0 Å². The number of amides is 1. The molecule has 1 aromatic carbocycles. The third-order valence-electron chi connectivity index (χ3n) is 3.74. The molecule has 1 aliphatic rings. The Hall–Kier alpha value is -1.39. The topological polar surface area (TPSA) is 92.0 Å². The van der Waals surface area contributed by atoms with Gasteiger partial charge in [0.15, 0.2) is 5.96 Å². The predicted molar refractivity (Wildman–Crippen MR) is 111 cm³/mol. The van der Waals surface area contributed by atoms with E-state index in [9.17, 15) is 4.79 Å². The predicted octanol–water partition coefficient (Wildman–Crippen LogP) is 1.39. The number of guanidine groups is 1. The van der Waals surface area contributed by atoms with Crippen LogP contribution < -0.4 is 16.4 Å². The van der Waals surface area contributed by atoms with E-state index in [1.165, 1.54) is 6.92 Å². The lowest BCUT2D eigenvalue weighted by atomic mass is 10.2. The molecular weight excluding hydrogens is 433 g/mol. The smallest absolute Gasteiger partial charge is 0.221 e. The second kappa shape index (κ2) is 12.0. The fraction of sp³-hybridized carbons (Fsp3) is 0.529. The van der Waals surface area contributed by atoms with Crippen LogP contribution in [0.5, 0.6) is 0 Å². The lowest BCUT2D eigenvalue weighted by Crippen LogP contribution is -2.39. The molecule has 0 saturated carbocycles. The average Bonchev–Trinajstić information content (AvgIpc) is 2.58. The number of halogens is 1. The molecule has 0 unspecified atom stereocenters. The first-order valence-electron chi connectivity index (χ1n) is 8.34. The highest BCUT2D eigenvalue weighted by atomic mass is 127. The minimum Gasteiger partial charge on any atom is -0.379 e. The number of hydrogen-bond acceptors (Lipinski definition) is 4. The summed E-state index contributed by atoms with van der Waals surface area (Å²) in [5, 5.41) is 5.90.